The first-order valence-corrected chi connectivity index (χ1v) is 9.40. The summed E-state index contributed by atoms with van der Waals surface area (Å²) < 4.78 is 5.20. The molecule has 1 aliphatic rings. The minimum absolute atomic E-state index is 0.0499. The predicted molar refractivity (Wildman–Crippen MR) is 97.8 cm³/mol. The minimum Gasteiger partial charge on any atom is -0.497 e. The van der Waals surface area contributed by atoms with Crippen LogP contribution in [-0.4, -0.2) is 37.6 Å². The Bertz CT molecular complexity index is 651. The number of benzene rings is 1. The van der Waals surface area contributed by atoms with Crippen molar-refractivity contribution < 1.29 is 9.53 Å². The number of rotatable bonds is 6. The predicted octanol–water partition coefficient (Wildman–Crippen LogP) is 3.71. The van der Waals surface area contributed by atoms with Crippen LogP contribution < -0.4 is 10.1 Å². The lowest BCUT2D eigenvalue weighted by molar-refractivity contribution is 0.0924. The third-order valence-electron chi connectivity index (χ3n) is 4.55. The molecule has 1 N–H and O–H groups in total. The molecule has 0 aliphatic carbocycles. The molecule has 0 radical (unpaired) electrons. The van der Waals surface area contributed by atoms with E-state index < -0.39 is 0 Å². The van der Waals surface area contributed by atoms with Gasteiger partial charge in [-0.3, -0.25) is 9.69 Å². The van der Waals surface area contributed by atoms with E-state index in [1.54, 1.807) is 24.5 Å². The Labute approximate surface area is 147 Å². The van der Waals surface area contributed by atoms with E-state index in [0.29, 0.717) is 17.9 Å². The topological polar surface area (TPSA) is 41.6 Å². The number of hydrogen-bond acceptors (Lipinski definition) is 4. The first-order valence-electron chi connectivity index (χ1n) is 8.46. The zero-order chi connectivity index (χ0) is 16.8. The van der Waals surface area contributed by atoms with Gasteiger partial charge in [-0.05, 0) is 66.5 Å². The number of carbonyl (C=O) groups is 1. The number of hydrogen-bond donors (Lipinski definition) is 1. The van der Waals surface area contributed by atoms with Crippen LogP contribution in [0.5, 0.6) is 5.75 Å². The van der Waals surface area contributed by atoms with Crippen molar-refractivity contribution >= 4 is 17.2 Å². The first-order chi connectivity index (χ1) is 11.8. The van der Waals surface area contributed by atoms with Gasteiger partial charge in [0, 0.05) is 12.1 Å². The van der Waals surface area contributed by atoms with Crippen LogP contribution in [0.4, 0.5) is 0 Å². The lowest BCUT2D eigenvalue weighted by Gasteiger charge is -2.34. The highest BCUT2D eigenvalue weighted by Gasteiger charge is 2.23. The van der Waals surface area contributed by atoms with E-state index in [-0.39, 0.29) is 11.9 Å². The molecular weight excluding hydrogens is 320 g/mol. The van der Waals surface area contributed by atoms with Gasteiger partial charge in [0.05, 0.1) is 13.2 Å². The van der Waals surface area contributed by atoms with Gasteiger partial charge < -0.3 is 10.1 Å². The first kappa shape index (κ1) is 17.0. The molecule has 1 aliphatic heterocycles. The van der Waals surface area contributed by atoms with Crippen molar-refractivity contribution in [1.82, 2.24) is 10.2 Å². The van der Waals surface area contributed by atoms with Crippen LogP contribution in [0.1, 0.15) is 41.2 Å². The Hall–Kier alpha value is -1.85. The molecule has 24 heavy (non-hydrogen) atoms. The van der Waals surface area contributed by atoms with Gasteiger partial charge in [-0.1, -0.05) is 12.5 Å². The molecule has 0 bridgehead atoms. The summed E-state index contributed by atoms with van der Waals surface area (Å²) in [5, 5.41) is 7.40. The summed E-state index contributed by atoms with van der Waals surface area (Å²) in [6.07, 6.45) is 3.79. The summed E-state index contributed by atoms with van der Waals surface area (Å²) in [5.41, 5.74) is 1.94. The van der Waals surface area contributed by atoms with Gasteiger partial charge >= 0.3 is 0 Å². The highest BCUT2D eigenvalue weighted by Crippen LogP contribution is 2.26. The summed E-state index contributed by atoms with van der Waals surface area (Å²) in [7, 11) is 1.61. The van der Waals surface area contributed by atoms with Gasteiger partial charge in [-0.25, -0.2) is 0 Å². The van der Waals surface area contributed by atoms with Gasteiger partial charge in [0.25, 0.3) is 5.91 Å². The zero-order valence-electron chi connectivity index (χ0n) is 14.0. The molecule has 1 aromatic carbocycles. The van der Waals surface area contributed by atoms with Crippen LogP contribution >= 0.6 is 11.3 Å². The van der Waals surface area contributed by atoms with Crippen molar-refractivity contribution in [2.45, 2.75) is 25.3 Å². The van der Waals surface area contributed by atoms with Crippen LogP contribution in [0, 0.1) is 0 Å². The van der Waals surface area contributed by atoms with Crippen LogP contribution in [0.2, 0.25) is 0 Å². The van der Waals surface area contributed by atoms with E-state index in [4.69, 9.17) is 4.74 Å². The highest BCUT2D eigenvalue weighted by atomic mass is 32.1. The lowest BCUT2D eigenvalue weighted by Crippen LogP contribution is -2.40. The molecule has 2 aromatic rings. The Kier molecular flexibility index (Phi) is 5.88. The third-order valence-corrected chi connectivity index (χ3v) is 5.25. The molecule has 128 valence electrons. The average Bonchev–Trinajstić information content (AvgIpc) is 3.17. The number of piperidine rings is 1. The molecule has 1 amide bonds. The van der Waals surface area contributed by atoms with Crippen LogP contribution in [0.3, 0.4) is 0 Å². The van der Waals surface area contributed by atoms with Gasteiger partial charge in [0.15, 0.2) is 0 Å². The standard InChI is InChI=1S/C19H24N2O2S/c1-23-17-7-5-6-15(12-17)19(22)20-13-18(16-8-11-24-14-16)21-9-3-2-4-10-21/h5-8,11-12,14,18H,2-4,9-10,13H2,1H3,(H,20,22). The van der Waals surface area contributed by atoms with Crippen molar-refractivity contribution in [2.24, 2.45) is 0 Å². The fourth-order valence-electron chi connectivity index (χ4n) is 3.21. The Balaban J connectivity index is 1.67. The molecule has 1 atom stereocenters. The van der Waals surface area contributed by atoms with Crippen molar-refractivity contribution in [3.63, 3.8) is 0 Å². The Morgan fingerprint density at radius 1 is 1.29 bits per heavy atom. The number of thiophene rings is 1. The summed E-state index contributed by atoms with van der Waals surface area (Å²) in [5.74, 6) is 0.652. The summed E-state index contributed by atoms with van der Waals surface area (Å²) in [4.78, 5) is 15.0. The fraction of sp³-hybridized carbons (Fsp3) is 0.421. The maximum Gasteiger partial charge on any atom is 0.251 e. The smallest absolute Gasteiger partial charge is 0.251 e. The number of nitrogens with one attached hydrogen (secondary N) is 1. The van der Waals surface area contributed by atoms with E-state index in [1.807, 2.05) is 18.2 Å². The van der Waals surface area contributed by atoms with Gasteiger partial charge in [0.1, 0.15) is 5.75 Å². The van der Waals surface area contributed by atoms with E-state index in [1.165, 1.54) is 24.8 Å². The quantitative estimate of drug-likeness (QED) is 0.868. The molecule has 1 unspecified atom stereocenters. The molecule has 0 spiro atoms. The van der Waals surface area contributed by atoms with E-state index in [2.05, 4.69) is 27.0 Å². The van der Waals surface area contributed by atoms with E-state index in [9.17, 15) is 4.79 Å². The Morgan fingerprint density at radius 2 is 2.12 bits per heavy atom. The molecule has 3 rings (SSSR count). The number of amides is 1. The van der Waals surface area contributed by atoms with Crippen molar-refractivity contribution in [1.29, 1.82) is 0 Å². The number of nitrogens with zero attached hydrogens (tertiary/aromatic N) is 1. The van der Waals surface area contributed by atoms with E-state index >= 15 is 0 Å². The third kappa shape index (κ3) is 4.16. The lowest BCUT2D eigenvalue weighted by atomic mass is 10.0. The second-order valence-electron chi connectivity index (χ2n) is 6.11. The van der Waals surface area contributed by atoms with Gasteiger partial charge in [0.2, 0.25) is 0 Å². The zero-order valence-corrected chi connectivity index (χ0v) is 14.8. The molecule has 5 heteroatoms. The van der Waals surface area contributed by atoms with Gasteiger partial charge in [-0.15, -0.1) is 0 Å². The Morgan fingerprint density at radius 3 is 2.83 bits per heavy atom. The second kappa shape index (κ2) is 8.31. The number of methoxy groups -OCH3 is 1. The number of likely N-dealkylation sites (tertiary alicyclic amines) is 1. The van der Waals surface area contributed by atoms with Crippen LogP contribution in [0.15, 0.2) is 41.1 Å². The second-order valence-corrected chi connectivity index (χ2v) is 6.89. The molecule has 1 saturated heterocycles. The number of ether oxygens (including phenoxy) is 1. The van der Waals surface area contributed by atoms with Crippen molar-refractivity contribution in [2.75, 3.05) is 26.7 Å². The molecule has 4 nitrogen and oxygen atoms in total. The van der Waals surface area contributed by atoms with Crippen LogP contribution in [0.25, 0.3) is 0 Å². The van der Waals surface area contributed by atoms with Crippen molar-refractivity contribution in [3.8, 4) is 5.75 Å². The summed E-state index contributed by atoms with van der Waals surface area (Å²) in [6.45, 7) is 2.85. The maximum absolute atomic E-state index is 12.5. The number of carbonyl (C=O) groups excluding carboxylic acids is 1. The largest absolute Gasteiger partial charge is 0.497 e. The van der Waals surface area contributed by atoms with Crippen molar-refractivity contribution in [3.05, 3.63) is 52.2 Å². The van der Waals surface area contributed by atoms with Crippen LogP contribution in [-0.2, 0) is 0 Å². The average molecular weight is 344 g/mol. The highest BCUT2D eigenvalue weighted by molar-refractivity contribution is 7.07. The molecule has 0 saturated carbocycles. The maximum atomic E-state index is 12.5. The molecule has 1 aromatic heterocycles. The monoisotopic (exact) mass is 344 g/mol. The summed E-state index contributed by atoms with van der Waals surface area (Å²) in [6, 6.07) is 9.70. The molecular formula is C19H24N2O2S. The molecule has 1 fully saturated rings. The SMILES string of the molecule is COc1cccc(C(=O)NCC(c2ccsc2)N2CCCCC2)c1. The minimum atomic E-state index is -0.0499. The van der Waals surface area contributed by atoms with Gasteiger partial charge in [-0.2, -0.15) is 11.3 Å². The fourth-order valence-corrected chi connectivity index (χ4v) is 3.92. The summed E-state index contributed by atoms with van der Waals surface area (Å²) >= 11 is 1.71. The van der Waals surface area contributed by atoms with E-state index in [0.717, 1.165) is 13.1 Å². The molecule has 2 heterocycles. The normalized spacial score (nSPS) is 16.5.